The summed E-state index contributed by atoms with van der Waals surface area (Å²) in [5, 5.41) is 3.68. The molecule has 1 heteroatoms. The normalized spacial score (nSPS) is 11.5. The van der Waals surface area contributed by atoms with Crippen LogP contribution in [-0.2, 0) is 0 Å². The molecule has 1 aromatic rings. The van der Waals surface area contributed by atoms with Gasteiger partial charge < -0.3 is 5.32 Å². The largest absolute Gasteiger partial charge is 0.382 e. The van der Waals surface area contributed by atoms with E-state index in [-0.39, 0.29) is 0 Å². The molecule has 1 rings (SSSR count). The third kappa shape index (κ3) is 5.76. The maximum absolute atomic E-state index is 3.68. The highest BCUT2D eigenvalue weighted by Gasteiger charge is 2.12. The van der Waals surface area contributed by atoms with Crippen molar-refractivity contribution in [2.45, 2.75) is 53.5 Å². The van der Waals surface area contributed by atoms with Crippen molar-refractivity contribution in [3.63, 3.8) is 0 Å². The quantitative estimate of drug-likeness (QED) is 0.739. The highest BCUT2D eigenvalue weighted by atomic mass is 14.9. The van der Waals surface area contributed by atoms with Gasteiger partial charge in [-0.15, -0.1) is 0 Å². The van der Waals surface area contributed by atoms with Crippen LogP contribution in [0, 0.1) is 18.8 Å². The lowest BCUT2D eigenvalue weighted by molar-refractivity contribution is 0.442. The molecule has 0 heterocycles. The molecule has 96 valence electrons. The van der Waals surface area contributed by atoms with Crippen molar-refractivity contribution in [2.75, 3.05) is 5.32 Å². The third-order valence-electron chi connectivity index (χ3n) is 2.90. The second-order valence-corrected chi connectivity index (χ2v) is 5.97. The number of hydrogen-bond donors (Lipinski definition) is 1. The van der Waals surface area contributed by atoms with E-state index in [1.807, 2.05) is 0 Å². The zero-order chi connectivity index (χ0) is 12.8. The highest BCUT2D eigenvalue weighted by Crippen LogP contribution is 2.19. The Morgan fingerprint density at radius 2 is 1.59 bits per heavy atom. The predicted molar refractivity (Wildman–Crippen MR) is 77.5 cm³/mol. The van der Waals surface area contributed by atoms with Crippen molar-refractivity contribution in [3.05, 3.63) is 29.8 Å². The monoisotopic (exact) mass is 233 g/mol. The Labute approximate surface area is 107 Å². The minimum absolute atomic E-state index is 0.594. The molecule has 0 aliphatic carbocycles. The Morgan fingerprint density at radius 3 is 2.06 bits per heavy atom. The van der Waals surface area contributed by atoms with Crippen LogP contribution in [0.2, 0.25) is 0 Å². The second kappa shape index (κ2) is 6.68. The van der Waals surface area contributed by atoms with Gasteiger partial charge in [0.25, 0.3) is 0 Å². The van der Waals surface area contributed by atoms with Crippen molar-refractivity contribution in [3.8, 4) is 0 Å². The van der Waals surface area contributed by atoms with Crippen LogP contribution in [-0.4, -0.2) is 6.04 Å². The van der Waals surface area contributed by atoms with Gasteiger partial charge in [0.2, 0.25) is 0 Å². The molecule has 1 aromatic carbocycles. The van der Waals surface area contributed by atoms with E-state index in [9.17, 15) is 0 Å². The average Bonchev–Trinajstić information content (AvgIpc) is 2.14. The lowest BCUT2D eigenvalue weighted by Crippen LogP contribution is -2.23. The van der Waals surface area contributed by atoms with Gasteiger partial charge in [-0.05, 0) is 49.3 Å². The Bertz CT molecular complexity index is 318. The van der Waals surface area contributed by atoms with Crippen molar-refractivity contribution >= 4 is 5.69 Å². The van der Waals surface area contributed by atoms with E-state index in [1.165, 1.54) is 24.1 Å². The zero-order valence-electron chi connectivity index (χ0n) is 12.0. The maximum Gasteiger partial charge on any atom is 0.0344 e. The topological polar surface area (TPSA) is 12.0 Å². The first-order chi connectivity index (χ1) is 7.97. The summed E-state index contributed by atoms with van der Waals surface area (Å²) in [6, 6.07) is 9.26. The number of hydrogen-bond acceptors (Lipinski definition) is 1. The molecule has 0 saturated heterocycles. The number of anilines is 1. The highest BCUT2D eigenvalue weighted by molar-refractivity contribution is 5.46. The molecule has 0 aliphatic heterocycles. The molecule has 0 saturated carbocycles. The van der Waals surface area contributed by atoms with Crippen molar-refractivity contribution in [1.82, 2.24) is 0 Å². The van der Waals surface area contributed by atoms with Crippen molar-refractivity contribution in [2.24, 2.45) is 11.8 Å². The lowest BCUT2D eigenvalue weighted by Gasteiger charge is -2.23. The summed E-state index contributed by atoms with van der Waals surface area (Å²) >= 11 is 0. The summed E-state index contributed by atoms with van der Waals surface area (Å²) in [4.78, 5) is 0. The van der Waals surface area contributed by atoms with Gasteiger partial charge in [-0.1, -0.05) is 39.8 Å². The van der Waals surface area contributed by atoms with Gasteiger partial charge in [-0.2, -0.15) is 0 Å². The number of rotatable bonds is 6. The molecular weight excluding hydrogens is 206 g/mol. The lowest BCUT2D eigenvalue weighted by atomic mass is 9.95. The van der Waals surface area contributed by atoms with Crippen LogP contribution in [0.3, 0.4) is 0 Å². The van der Waals surface area contributed by atoms with Gasteiger partial charge in [0.05, 0.1) is 0 Å². The van der Waals surface area contributed by atoms with E-state index in [4.69, 9.17) is 0 Å². The van der Waals surface area contributed by atoms with E-state index in [0.29, 0.717) is 6.04 Å². The number of aryl methyl sites for hydroxylation is 1. The summed E-state index contributed by atoms with van der Waals surface area (Å²) in [5.41, 5.74) is 2.58. The molecule has 1 nitrogen and oxygen atoms in total. The van der Waals surface area contributed by atoms with Gasteiger partial charge in [-0.3, -0.25) is 0 Å². The summed E-state index contributed by atoms with van der Waals surface area (Å²) < 4.78 is 0. The first-order valence-electron chi connectivity index (χ1n) is 6.80. The van der Waals surface area contributed by atoms with E-state index >= 15 is 0 Å². The van der Waals surface area contributed by atoms with E-state index < -0.39 is 0 Å². The van der Waals surface area contributed by atoms with Crippen LogP contribution < -0.4 is 5.32 Å². The van der Waals surface area contributed by atoms with Crippen LogP contribution in [0.4, 0.5) is 5.69 Å². The van der Waals surface area contributed by atoms with Crippen molar-refractivity contribution in [1.29, 1.82) is 0 Å². The molecule has 0 atom stereocenters. The van der Waals surface area contributed by atoms with Gasteiger partial charge >= 0.3 is 0 Å². The molecule has 17 heavy (non-hydrogen) atoms. The van der Waals surface area contributed by atoms with Crippen LogP contribution in [0.15, 0.2) is 24.3 Å². The van der Waals surface area contributed by atoms with Crippen LogP contribution in [0.25, 0.3) is 0 Å². The van der Waals surface area contributed by atoms with E-state index in [0.717, 1.165) is 11.8 Å². The fourth-order valence-corrected chi connectivity index (χ4v) is 2.32. The standard InChI is InChI=1S/C16H27N/c1-12(2)9-16(10-13(3)4)17-15-8-6-7-14(5)11-15/h6-8,11-13,16-17H,9-10H2,1-5H3. The fourth-order valence-electron chi connectivity index (χ4n) is 2.32. The third-order valence-corrected chi connectivity index (χ3v) is 2.90. The van der Waals surface area contributed by atoms with E-state index in [1.54, 1.807) is 0 Å². The Balaban J connectivity index is 2.64. The summed E-state index contributed by atoms with van der Waals surface area (Å²) in [6.45, 7) is 11.3. The molecule has 0 aromatic heterocycles. The molecule has 0 bridgehead atoms. The Morgan fingerprint density at radius 1 is 1.00 bits per heavy atom. The minimum Gasteiger partial charge on any atom is -0.382 e. The van der Waals surface area contributed by atoms with Crippen molar-refractivity contribution < 1.29 is 0 Å². The summed E-state index contributed by atoms with van der Waals surface area (Å²) in [7, 11) is 0. The smallest absolute Gasteiger partial charge is 0.0344 e. The Hall–Kier alpha value is -0.980. The molecular formula is C16H27N. The maximum atomic E-state index is 3.68. The summed E-state index contributed by atoms with van der Waals surface area (Å²) in [6.07, 6.45) is 2.48. The second-order valence-electron chi connectivity index (χ2n) is 5.97. The predicted octanol–water partition coefficient (Wildman–Crippen LogP) is 4.87. The number of nitrogens with one attached hydrogen (secondary N) is 1. The van der Waals surface area contributed by atoms with Crippen LogP contribution >= 0.6 is 0 Å². The molecule has 0 aliphatic rings. The fraction of sp³-hybridized carbons (Fsp3) is 0.625. The molecule has 0 amide bonds. The first kappa shape index (κ1) is 14.1. The van der Waals surface area contributed by atoms with E-state index in [2.05, 4.69) is 64.2 Å². The average molecular weight is 233 g/mol. The number of benzene rings is 1. The van der Waals surface area contributed by atoms with Gasteiger partial charge in [0, 0.05) is 11.7 Å². The molecule has 0 spiro atoms. The SMILES string of the molecule is Cc1cccc(NC(CC(C)C)CC(C)C)c1. The Kier molecular flexibility index (Phi) is 5.54. The first-order valence-corrected chi connectivity index (χ1v) is 6.80. The molecule has 0 radical (unpaired) electrons. The minimum atomic E-state index is 0.594. The van der Waals surface area contributed by atoms with Gasteiger partial charge in [-0.25, -0.2) is 0 Å². The molecule has 0 fully saturated rings. The van der Waals surface area contributed by atoms with Gasteiger partial charge in [0.15, 0.2) is 0 Å². The molecule has 1 N–H and O–H groups in total. The molecule has 0 unspecified atom stereocenters. The zero-order valence-corrected chi connectivity index (χ0v) is 12.0. The summed E-state index contributed by atoms with van der Waals surface area (Å²) in [5.74, 6) is 1.49. The van der Waals surface area contributed by atoms with Crippen LogP contribution in [0.5, 0.6) is 0 Å². The van der Waals surface area contributed by atoms with Gasteiger partial charge in [0.1, 0.15) is 0 Å². The van der Waals surface area contributed by atoms with Crippen LogP contribution in [0.1, 0.15) is 46.1 Å².